The normalized spacial score (nSPS) is 10.9. The van der Waals surface area contributed by atoms with Gasteiger partial charge in [0, 0.05) is 18.1 Å². The van der Waals surface area contributed by atoms with Crippen molar-refractivity contribution in [2.45, 2.75) is 24.8 Å². The fourth-order valence-electron chi connectivity index (χ4n) is 1.82. The molecule has 0 bridgehead atoms. The van der Waals surface area contributed by atoms with E-state index in [0.717, 1.165) is 28.1 Å². The molecule has 0 unspecified atom stereocenters. The smallest absolute Gasteiger partial charge is 0.256 e. The number of benzene rings is 1. The predicted molar refractivity (Wildman–Crippen MR) is 79.1 cm³/mol. The molecule has 1 aromatic carbocycles. The molecule has 0 saturated carbocycles. The molecule has 0 saturated heterocycles. The minimum atomic E-state index is 0.733. The van der Waals surface area contributed by atoms with Crippen LogP contribution in [0.5, 0.6) is 0 Å². The van der Waals surface area contributed by atoms with Crippen LogP contribution in [0.15, 0.2) is 52.4 Å². The fourth-order valence-corrected chi connectivity index (χ4v) is 2.68. The lowest BCUT2D eigenvalue weighted by atomic mass is 10.2. The van der Waals surface area contributed by atoms with Crippen LogP contribution in [-0.4, -0.2) is 14.8 Å². The highest BCUT2D eigenvalue weighted by Gasteiger charge is 2.06. The molecule has 2 aromatic heterocycles. The van der Waals surface area contributed by atoms with Crippen LogP contribution in [0.2, 0.25) is 0 Å². The zero-order chi connectivity index (χ0) is 13.9. The van der Waals surface area contributed by atoms with Crippen molar-refractivity contribution in [1.29, 1.82) is 0 Å². The van der Waals surface area contributed by atoms with Crippen LogP contribution in [0.25, 0.3) is 5.69 Å². The van der Waals surface area contributed by atoms with E-state index in [1.807, 2.05) is 30.8 Å². The molecule has 0 radical (unpaired) electrons. The topological polar surface area (TPSA) is 43.9 Å². The molecule has 0 atom stereocenters. The summed E-state index contributed by atoms with van der Waals surface area (Å²) in [5.74, 6) is 1.74. The molecule has 5 heteroatoms. The van der Waals surface area contributed by atoms with Gasteiger partial charge >= 0.3 is 0 Å². The largest absolute Gasteiger partial charge is 0.437 e. The molecule has 0 spiro atoms. The summed E-state index contributed by atoms with van der Waals surface area (Å²) in [5, 5.41) is 4.94. The highest BCUT2D eigenvalue weighted by atomic mass is 32.2. The summed E-state index contributed by atoms with van der Waals surface area (Å²) >= 11 is 1.61. The monoisotopic (exact) mass is 285 g/mol. The average Bonchev–Trinajstić information content (AvgIpc) is 3.08. The molecule has 0 aliphatic heterocycles. The quantitative estimate of drug-likeness (QED) is 0.684. The molecule has 0 aliphatic rings. The van der Waals surface area contributed by atoms with E-state index in [1.165, 1.54) is 5.56 Å². The summed E-state index contributed by atoms with van der Waals surface area (Å²) in [6, 6.07) is 10.3. The number of oxazole rings is 1. The first kappa shape index (κ1) is 13.0. The van der Waals surface area contributed by atoms with Crippen LogP contribution in [0, 0.1) is 13.8 Å². The van der Waals surface area contributed by atoms with E-state index >= 15 is 0 Å². The molecule has 4 nitrogen and oxygen atoms in total. The Morgan fingerprint density at radius 3 is 2.60 bits per heavy atom. The van der Waals surface area contributed by atoms with Crippen molar-refractivity contribution in [2.24, 2.45) is 0 Å². The van der Waals surface area contributed by atoms with Gasteiger partial charge in [0.1, 0.15) is 5.76 Å². The van der Waals surface area contributed by atoms with Gasteiger partial charge in [0.05, 0.1) is 11.4 Å². The van der Waals surface area contributed by atoms with E-state index < -0.39 is 0 Å². The number of aromatic nitrogens is 3. The molecule has 102 valence electrons. The lowest BCUT2D eigenvalue weighted by Crippen LogP contribution is -1.93. The second-order valence-corrected chi connectivity index (χ2v) is 5.45. The number of nitrogens with zero attached hydrogens (tertiary/aromatic N) is 3. The first-order valence-electron chi connectivity index (χ1n) is 6.38. The maximum absolute atomic E-state index is 5.56. The van der Waals surface area contributed by atoms with Crippen LogP contribution in [0.3, 0.4) is 0 Å². The molecular formula is C15H15N3OS. The highest BCUT2D eigenvalue weighted by Crippen LogP contribution is 2.24. The van der Waals surface area contributed by atoms with E-state index in [1.54, 1.807) is 18.0 Å². The van der Waals surface area contributed by atoms with Gasteiger partial charge in [0.25, 0.3) is 5.22 Å². The Morgan fingerprint density at radius 1 is 1.20 bits per heavy atom. The van der Waals surface area contributed by atoms with Gasteiger partial charge in [-0.3, -0.25) is 0 Å². The molecule has 20 heavy (non-hydrogen) atoms. The Kier molecular flexibility index (Phi) is 3.60. The standard InChI is InChI=1S/C15H15N3OS/c1-11-12(2)19-15(17-11)20-10-13-4-6-14(7-5-13)18-9-3-8-16-18/h3-9H,10H2,1-2H3. The van der Waals surface area contributed by atoms with Crippen molar-refractivity contribution in [2.75, 3.05) is 0 Å². The third kappa shape index (κ3) is 2.77. The second kappa shape index (κ2) is 5.54. The Labute approximate surface area is 121 Å². The maximum Gasteiger partial charge on any atom is 0.256 e. The van der Waals surface area contributed by atoms with Gasteiger partial charge in [-0.05, 0) is 37.6 Å². The van der Waals surface area contributed by atoms with Crippen LogP contribution >= 0.6 is 11.8 Å². The summed E-state index contributed by atoms with van der Waals surface area (Å²) in [5.41, 5.74) is 3.26. The van der Waals surface area contributed by atoms with Gasteiger partial charge in [0.15, 0.2) is 0 Å². The SMILES string of the molecule is Cc1nc(SCc2ccc(-n3cccn3)cc2)oc1C. The number of hydrogen-bond acceptors (Lipinski definition) is 4. The van der Waals surface area contributed by atoms with Crippen molar-refractivity contribution in [3.05, 3.63) is 59.7 Å². The fraction of sp³-hybridized carbons (Fsp3) is 0.200. The van der Waals surface area contributed by atoms with Crippen molar-refractivity contribution in [3.8, 4) is 5.69 Å². The van der Waals surface area contributed by atoms with Crippen LogP contribution < -0.4 is 0 Å². The first-order chi connectivity index (χ1) is 9.72. The molecule has 0 aliphatic carbocycles. The molecule has 0 amide bonds. The summed E-state index contributed by atoms with van der Waals surface area (Å²) in [7, 11) is 0. The lowest BCUT2D eigenvalue weighted by Gasteiger charge is -2.03. The number of hydrogen-bond donors (Lipinski definition) is 0. The summed E-state index contributed by atoms with van der Waals surface area (Å²) in [6.45, 7) is 3.90. The Balaban J connectivity index is 1.66. The summed E-state index contributed by atoms with van der Waals surface area (Å²) < 4.78 is 7.40. The van der Waals surface area contributed by atoms with Crippen molar-refractivity contribution >= 4 is 11.8 Å². The zero-order valence-electron chi connectivity index (χ0n) is 11.4. The average molecular weight is 285 g/mol. The van der Waals surface area contributed by atoms with Crippen molar-refractivity contribution in [3.63, 3.8) is 0 Å². The van der Waals surface area contributed by atoms with Crippen molar-refractivity contribution < 1.29 is 4.42 Å². The lowest BCUT2D eigenvalue weighted by molar-refractivity contribution is 0.431. The second-order valence-electron chi connectivity index (χ2n) is 4.53. The third-order valence-corrected chi connectivity index (χ3v) is 3.98. The van der Waals surface area contributed by atoms with Crippen LogP contribution in [0.4, 0.5) is 0 Å². The number of thioether (sulfide) groups is 1. The highest BCUT2D eigenvalue weighted by molar-refractivity contribution is 7.98. The third-order valence-electron chi connectivity index (χ3n) is 3.08. The summed E-state index contributed by atoms with van der Waals surface area (Å²) in [6.07, 6.45) is 3.71. The van der Waals surface area contributed by atoms with Gasteiger partial charge in [-0.2, -0.15) is 5.10 Å². The van der Waals surface area contributed by atoms with Gasteiger partial charge < -0.3 is 4.42 Å². The minimum absolute atomic E-state index is 0.733. The Morgan fingerprint density at radius 2 is 2.00 bits per heavy atom. The van der Waals surface area contributed by atoms with Crippen LogP contribution in [-0.2, 0) is 5.75 Å². The van der Waals surface area contributed by atoms with E-state index in [9.17, 15) is 0 Å². The van der Waals surface area contributed by atoms with Gasteiger partial charge in [-0.25, -0.2) is 9.67 Å². The summed E-state index contributed by atoms with van der Waals surface area (Å²) in [4.78, 5) is 4.37. The molecule has 3 aromatic rings. The maximum atomic E-state index is 5.56. The number of rotatable bonds is 4. The first-order valence-corrected chi connectivity index (χ1v) is 7.37. The van der Waals surface area contributed by atoms with Gasteiger partial charge in [-0.15, -0.1) is 0 Å². The molecule has 3 rings (SSSR count). The van der Waals surface area contributed by atoms with Crippen LogP contribution in [0.1, 0.15) is 17.0 Å². The minimum Gasteiger partial charge on any atom is -0.437 e. The molecule has 0 N–H and O–H groups in total. The Hall–Kier alpha value is -2.01. The van der Waals surface area contributed by atoms with E-state index in [0.29, 0.717) is 0 Å². The molecule has 0 fully saturated rings. The number of aryl methyl sites for hydroxylation is 2. The van der Waals surface area contributed by atoms with Crippen molar-refractivity contribution in [1.82, 2.24) is 14.8 Å². The predicted octanol–water partition coefficient (Wildman–Crippen LogP) is 3.77. The van der Waals surface area contributed by atoms with E-state index in [-0.39, 0.29) is 0 Å². The van der Waals surface area contributed by atoms with E-state index in [4.69, 9.17) is 4.42 Å². The molecular weight excluding hydrogens is 270 g/mol. The zero-order valence-corrected chi connectivity index (χ0v) is 12.2. The van der Waals surface area contributed by atoms with Gasteiger partial charge in [0.2, 0.25) is 0 Å². The van der Waals surface area contributed by atoms with Gasteiger partial charge in [-0.1, -0.05) is 23.9 Å². The Bertz CT molecular complexity index is 667. The van der Waals surface area contributed by atoms with E-state index in [2.05, 4.69) is 34.3 Å². The molecule has 2 heterocycles.